The van der Waals surface area contributed by atoms with Crippen LogP contribution in [0.1, 0.15) is 5.56 Å². The highest BCUT2D eigenvalue weighted by atomic mass is 32.2. The summed E-state index contributed by atoms with van der Waals surface area (Å²) in [5.41, 5.74) is 1.42. The number of carbonyl (C=O) groups is 1. The van der Waals surface area contributed by atoms with Gasteiger partial charge >= 0.3 is 0 Å². The summed E-state index contributed by atoms with van der Waals surface area (Å²) in [7, 11) is -0.670. The zero-order valence-corrected chi connectivity index (χ0v) is 11.4. The number of carbonyl (C=O) groups excluding carboxylic acids is 1. The van der Waals surface area contributed by atoms with Crippen molar-refractivity contribution in [3.63, 3.8) is 0 Å². The number of likely N-dealkylation sites (N-methyl/N-ethyl adjacent to an activating group) is 1. The molecule has 0 bridgehead atoms. The third-order valence-corrected chi connectivity index (χ3v) is 4.93. The van der Waals surface area contributed by atoms with Gasteiger partial charge in [0, 0.05) is 19.8 Å². The molecule has 1 aliphatic heterocycles. The minimum atomic E-state index is -3.68. The molecule has 0 spiro atoms. The molecule has 0 N–H and O–H groups in total. The van der Waals surface area contributed by atoms with Crippen LogP contribution in [0.25, 0.3) is 0 Å². The van der Waals surface area contributed by atoms with E-state index in [9.17, 15) is 13.2 Å². The lowest BCUT2D eigenvalue weighted by molar-refractivity contribution is -0.117. The monoisotopic (exact) mass is 279 g/mol. The van der Waals surface area contributed by atoms with Crippen molar-refractivity contribution in [2.75, 3.05) is 25.5 Å². The van der Waals surface area contributed by atoms with Gasteiger partial charge in [-0.2, -0.15) is 9.57 Å². The van der Waals surface area contributed by atoms with Crippen LogP contribution in [0.2, 0.25) is 0 Å². The standard InChI is InChI=1S/C12H13N3O3S/c1-14(6-5-13)19(17,18)10-3-4-11-9(7-10)8-12(16)15(11)2/h3-4,7H,6,8H2,1-2H3. The Morgan fingerprint density at radius 3 is 2.79 bits per heavy atom. The van der Waals surface area contributed by atoms with Gasteiger partial charge in [-0.1, -0.05) is 0 Å². The molecule has 0 saturated heterocycles. The van der Waals surface area contributed by atoms with E-state index < -0.39 is 10.0 Å². The molecule has 0 saturated carbocycles. The van der Waals surface area contributed by atoms with Gasteiger partial charge in [-0.25, -0.2) is 8.42 Å². The summed E-state index contributed by atoms with van der Waals surface area (Å²) >= 11 is 0. The number of nitriles is 1. The molecule has 1 amide bonds. The van der Waals surface area contributed by atoms with Crippen LogP contribution in [0, 0.1) is 11.3 Å². The lowest BCUT2D eigenvalue weighted by Gasteiger charge is -2.15. The maximum Gasteiger partial charge on any atom is 0.243 e. The summed E-state index contributed by atoms with van der Waals surface area (Å²) in [5.74, 6) is -0.0603. The van der Waals surface area contributed by atoms with Crippen molar-refractivity contribution in [1.29, 1.82) is 5.26 Å². The Labute approximate surface area is 111 Å². The Kier molecular flexibility index (Phi) is 3.30. The van der Waals surface area contributed by atoms with Gasteiger partial charge in [-0.05, 0) is 23.8 Å². The van der Waals surface area contributed by atoms with Crippen LogP contribution >= 0.6 is 0 Å². The number of hydrogen-bond acceptors (Lipinski definition) is 4. The highest BCUT2D eigenvalue weighted by Gasteiger charge is 2.27. The predicted octanol–water partition coefficient (Wildman–Crippen LogP) is 0.350. The molecule has 1 aromatic carbocycles. The van der Waals surface area contributed by atoms with Crippen LogP contribution < -0.4 is 4.90 Å². The van der Waals surface area contributed by atoms with Crippen molar-refractivity contribution in [3.05, 3.63) is 23.8 Å². The highest BCUT2D eigenvalue weighted by molar-refractivity contribution is 7.89. The Balaban J connectivity index is 2.43. The maximum absolute atomic E-state index is 12.2. The fourth-order valence-corrected chi connectivity index (χ4v) is 3.09. The molecular weight excluding hydrogens is 266 g/mol. The Hall–Kier alpha value is -1.91. The SMILES string of the molecule is CN1C(=O)Cc2cc(S(=O)(=O)N(C)CC#N)ccc21. The number of benzene rings is 1. The number of rotatable bonds is 3. The smallest absolute Gasteiger partial charge is 0.243 e. The summed E-state index contributed by atoms with van der Waals surface area (Å²) in [5, 5.41) is 8.56. The van der Waals surface area contributed by atoms with E-state index in [1.165, 1.54) is 24.1 Å². The number of hydrogen-bond donors (Lipinski definition) is 0. The first-order chi connectivity index (χ1) is 8.87. The van der Waals surface area contributed by atoms with Crippen molar-refractivity contribution in [2.45, 2.75) is 11.3 Å². The van der Waals surface area contributed by atoms with Gasteiger partial charge in [-0.15, -0.1) is 0 Å². The molecule has 1 heterocycles. The van der Waals surface area contributed by atoms with Crippen molar-refractivity contribution >= 4 is 21.6 Å². The van der Waals surface area contributed by atoms with Crippen LogP contribution in [-0.2, 0) is 21.2 Å². The maximum atomic E-state index is 12.2. The van der Waals surface area contributed by atoms with Gasteiger partial charge in [0.25, 0.3) is 0 Å². The lowest BCUT2D eigenvalue weighted by Crippen LogP contribution is -2.27. The van der Waals surface area contributed by atoms with Crippen molar-refractivity contribution in [3.8, 4) is 6.07 Å². The van der Waals surface area contributed by atoms with Gasteiger partial charge in [-0.3, -0.25) is 4.79 Å². The molecule has 6 nitrogen and oxygen atoms in total. The Morgan fingerprint density at radius 1 is 1.47 bits per heavy atom. The molecule has 0 fully saturated rings. The van der Waals surface area contributed by atoms with E-state index >= 15 is 0 Å². The normalized spacial score (nSPS) is 14.6. The van der Waals surface area contributed by atoms with Crippen LogP contribution in [0.4, 0.5) is 5.69 Å². The average Bonchev–Trinajstić information content (AvgIpc) is 2.65. The first kappa shape index (κ1) is 13.5. The zero-order valence-electron chi connectivity index (χ0n) is 10.6. The third-order valence-electron chi connectivity index (χ3n) is 3.13. The van der Waals surface area contributed by atoms with Crippen molar-refractivity contribution in [2.24, 2.45) is 0 Å². The van der Waals surface area contributed by atoms with Crippen molar-refractivity contribution in [1.82, 2.24) is 4.31 Å². The highest BCUT2D eigenvalue weighted by Crippen LogP contribution is 2.30. The van der Waals surface area contributed by atoms with E-state index in [-0.39, 0.29) is 23.8 Å². The second-order valence-corrected chi connectivity index (χ2v) is 6.38. The number of sulfonamides is 1. The van der Waals surface area contributed by atoms with Gasteiger partial charge in [0.05, 0.1) is 17.4 Å². The van der Waals surface area contributed by atoms with E-state index in [4.69, 9.17) is 5.26 Å². The van der Waals surface area contributed by atoms with Gasteiger partial charge in [0.1, 0.15) is 6.54 Å². The fourth-order valence-electron chi connectivity index (χ4n) is 1.97. The molecule has 0 aliphatic carbocycles. The van der Waals surface area contributed by atoms with Gasteiger partial charge < -0.3 is 4.90 Å². The average molecular weight is 279 g/mol. The topological polar surface area (TPSA) is 81.5 Å². The molecule has 7 heteroatoms. The molecule has 1 aliphatic rings. The second-order valence-electron chi connectivity index (χ2n) is 4.34. The molecule has 100 valence electrons. The van der Waals surface area contributed by atoms with E-state index in [1.54, 1.807) is 19.2 Å². The first-order valence-corrected chi connectivity index (χ1v) is 7.04. The third kappa shape index (κ3) is 2.20. The number of amides is 1. The largest absolute Gasteiger partial charge is 0.315 e. The van der Waals surface area contributed by atoms with E-state index in [0.717, 1.165) is 9.99 Å². The Morgan fingerprint density at radius 2 is 2.16 bits per heavy atom. The van der Waals surface area contributed by atoms with Crippen LogP contribution in [0.5, 0.6) is 0 Å². The Bertz CT molecular complexity index is 676. The van der Waals surface area contributed by atoms with Crippen LogP contribution in [0.15, 0.2) is 23.1 Å². The summed E-state index contributed by atoms with van der Waals surface area (Å²) in [4.78, 5) is 13.2. The lowest BCUT2D eigenvalue weighted by atomic mass is 10.2. The number of nitrogens with zero attached hydrogens (tertiary/aromatic N) is 3. The molecular formula is C12H13N3O3S. The summed E-state index contributed by atoms with van der Waals surface area (Å²) in [6.07, 6.45) is 0.206. The first-order valence-electron chi connectivity index (χ1n) is 5.60. The van der Waals surface area contributed by atoms with E-state index in [2.05, 4.69) is 0 Å². The van der Waals surface area contributed by atoms with Crippen molar-refractivity contribution < 1.29 is 13.2 Å². The molecule has 0 unspecified atom stereocenters. The molecule has 0 atom stereocenters. The molecule has 2 rings (SSSR count). The van der Waals surface area contributed by atoms with Gasteiger partial charge in [0.15, 0.2) is 0 Å². The zero-order chi connectivity index (χ0) is 14.2. The quantitative estimate of drug-likeness (QED) is 0.748. The molecule has 1 aromatic rings. The summed E-state index contributed by atoms with van der Waals surface area (Å²) in [6, 6.07) is 6.37. The minimum absolute atomic E-state index is 0.0603. The fraction of sp³-hybridized carbons (Fsp3) is 0.333. The van der Waals surface area contributed by atoms with Crippen LogP contribution in [-0.4, -0.2) is 39.3 Å². The second kappa shape index (κ2) is 4.64. The molecule has 19 heavy (non-hydrogen) atoms. The summed E-state index contributed by atoms with van der Waals surface area (Å²) in [6.45, 7) is -0.210. The minimum Gasteiger partial charge on any atom is -0.315 e. The van der Waals surface area contributed by atoms with E-state index in [1.807, 2.05) is 0 Å². The molecule has 0 radical (unpaired) electrons. The van der Waals surface area contributed by atoms with Crippen LogP contribution in [0.3, 0.4) is 0 Å². The number of anilines is 1. The predicted molar refractivity (Wildman–Crippen MR) is 69.0 cm³/mol. The van der Waals surface area contributed by atoms with Gasteiger partial charge in [0.2, 0.25) is 15.9 Å². The number of fused-ring (bicyclic) bond motifs is 1. The molecule has 0 aromatic heterocycles. The summed E-state index contributed by atoms with van der Waals surface area (Å²) < 4.78 is 25.3. The van der Waals surface area contributed by atoms with E-state index in [0.29, 0.717) is 5.56 Å².